The number of hydrogen-bond donors (Lipinski definition) is 3. The molecular formula is C29H27N5O6. The summed E-state index contributed by atoms with van der Waals surface area (Å²) < 4.78 is 17.5. The summed E-state index contributed by atoms with van der Waals surface area (Å²) in [6.07, 6.45) is 1.90. The number of furan rings is 1. The lowest BCUT2D eigenvalue weighted by Gasteiger charge is -2.40. The third kappa shape index (κ3) is 3.78. The molecule has 3 amide bonds. The van der Waals surface area contributed by atoms with E-state index in [9.17, 15) is 19.6 Å². The Kier molecular flexibility index (Phi) is 5.34. The van der Waals surface area contributed by atoms with Gasteiger partial charge in [-0.1, -0.05) is 6.07 Å². The monoisotopic (exact) mass is 541 g/mol. The molecule has 0 bridgehead atoms. The molecule has 1 spiro atoms. The molecule has 1 unspecified atom stereocenters. The minimum Gasteiger partial charge on any atom is -0.484 e. The standard InChI is InChI=1S/C29H27N5O6/c1-28(13-38-14-28)33-25(35)17-7-8-19-22(9-17)40-24-23(19)39-15-29(34(26(24)36)12-16-5-6-16)27(37)31-11-20-18(10-30)3-2-4-21(20)32-29/h2-4,7-9,16,32H,5-6,11-15H2,1H3,(H,31,37)(H,33,35). The SMILES string of the molecule is CC1(NC(=O)c2ccc3c4c(oc3c2)C(=O)N(CC2CC2)C2(CO4)Nc3cccc(C#N)c3CNC2=O)COC1. The van der Waals surface area contributed by atoms with Crippen molar-refractivity contribution < 1.29 is 28.3 Å². The Morgan fingerprint density at radius 3 is 2.75 bits per heavy atom. The molecule has 4 aliphatic rings. The number of carbonyl (C=O) groups excluding carboxylic acids is 3. The third-order valence-electron chi connectivity index (χ3n) is 8.07. The number of anilines is 1. The van der Waals surface area contributed by atoms with E-state index in [1.807, 2.05) is 6.92 Å². The van der Waals surface area contributed by atoms with Crippen LogP contribution in [0, 0.1) is 17.2 Å². The first-order valence-electron chi connectivity index (χ1n) is 13.3. The van der Waals surface area contributed by atoms with Gasteiger partial charge in [0.05, 0.1) is 35.8 Å². The second kappa shape index (κ2) is 8.72. The van der Waals surface area contributed by atoms with Crippen LogP contribution in [0.15, 0.2) is 40.8 Å². The normalized spacial score (nSPS) is 22.9. The lowest BCUT2D eigenvalue weighted by Crippen LogP contribution is -2.67. The van der Waals surface area contributed by atoms with Crippen molar-refractivity contribution in [2.75, 3.05) is 31.7 Å². The number of rotatable bonds is 4. The first-order valence-corrected chi connectivity index (χ1v) is 13.3. The van der Waals surface area contributed by atoms with Crippen LogP contribution in [0.1, 0.15) is 51.8 Å². The molecule has 40 heavy (non-hydrogen) atoms. The van der Waals surface area contributed by atoms with Gasteiger partial charge in [-0.2, -0.15) is 5.26 Å². The van der Waals surface area contributed by atoms with Crippen LogP contribution in [0.3, 0.4) is 0 Å². The highest BCUT2D eigenvalue weighted by Crippen LogP contribution is 2.42. The molecule has 2 fully saturated rings. The Labute approximate surface area is 229 Å². The van der Waals surface area contributed by atoms with Gasteiger partial charge in [0.2, 0.25) is 11.4 Å². The largest absolute Gasteiger partial charge is 0.484 e. The highest BCUT2D eigenvalue weighted by Gasteiger charge is 2.54. The summed E-state index contributed by atoms with van der Waals surface area (Å²) >= 11 is 0. The molecule has 3 aliphatic heterocycles. The van der Waals surface area contributed by atoms with Gasteiger partial charge in [-0.05, 0) is 56.0 Å². The number of fused-ring (bicyclic) bond motifs is 4. The Hall–Kier alpha value is -4.56. The minimum absolute atomic E-state index is 0.0192. The maximum atomic E-state index is 14.2. The second-order valence-electron chi connectivity index (χ2n) is 11.2. The Morgan fingerprint density at radius 1 is 1.20 bits per heavy atom. The van der Waals surface area contributed by atoms with Crippen molar-refractivity contribution in [1.82, 2.24) is 15.5 Å². The van der Waals surface area contributed by atoms with Crippen molar-refractivity contribution in [2.24, 2.45) is 5.92 Å². The van der Waals surface area contributed by atoms with Gasteiger partial charge in [0.1, 0.15) is 12.2 Å². The minimum atomic E-state index is -1.56. The van der Waals surface area contributed by atoms with Crippen LogP contribution < -0.4 is 20.7 Å². The van der Waals surface area contributed by atoms with E-state index in [0.717, 1.165) is 12.8 Å². The lowest BCUT2D eigenvalue weighted by atomic mass is 10.00. The molecule has 1 aromatic heterocycles. The van der Waals surface area contributed by atoms with Gasteiger partial charge in [0.25, 0.3) is 17.7 Å². The number of nitrogens with one attached hydrogen (secondary N) is 3. The smallest absolute Gasteiger partial charge is 0.295 e. The molecular weight excluding hydrogens is 514 g/mol. The average molecular weight is 542 g/mol. The van der Waals surface area contributed by atoms with E-state index in [-0.39, 0.29) is 36.5 Å². The number of hydrogen-bond acceptors (Lipinski definition) is 8. The molecule has 3 N–H and O–H groups in total. The van der Waals surface area contributed by atoms with Gasteiger partial charge in [0, 0.05) is 29.9 Å². The predicted octanol–water partition coefficient (Wildman–Crippen LogP) is 2.51. The van der Waals surface area contributed by atoms with Crippen molar-refractivity contribution in [2.45, 2.75) is 37.5 Å². The molecule has 4 heterocycles. The van der Waals surface area contributed by atoms with Crippen molar-refractivity contribution >= 4 is 34.4 Å². The summed E-state index contributed by atoms with van der Waals surface area (Å²) in [5.74, 6) is -0.716. The fourth-order valence-electron chi connectivity index (χ4n) is 5.56. The highest BCUT2D eigenvalue weighted by molar-refractivity contribution is 6.07. The van der Waals surface area contributed by atoms with Crippen molar-refractivity contribution in [3.8, 4) is 11.8 Å². The molecule has 204 valence electrons. The zero-order valence-electron chi connectivity index (χ0n) is 21.8. The topological polar surface area (TPSA) is 146 Å². The van der Waals surface area contributed by atoms with Gasteiger partial charge < -0.3 is 34.7 Å². The summed E-state index contributed by atoms with van der Waals surface area (Å²) in [4.78, 5) is 42.3. The molecule has 7 rings (SSSR count). The molecule has 0 radical (unpaired) electrons. The van der Waals surface area contributed by atoms with Crippen LogP contribution in [0.4, 0.5) is 5.69 Å². The summed E-state index contributed by atoms with van der Waals surface area (Å²) in [5, 5.41) is 19.3. The number of amides is 3. The summed E-state index contributed by atoms with van der Waals surface area (Å²) in [6.45, 7) is 3.09. The fraction of sp³-hybridized carbons (Fsp3) is 0.379. The lowest BCUT2D eigenvalue weighted by molar-refractivity contribution is -0.132. The van der Waals surface area contributed by atoms with Crippen LogP contribution in [0.5, 0.6) is 5.75 Å². The Balaban J connectivity index is 1.28. The molecule has 1 atom stereocenters. The van der Waals surface area contributed by atoms with E-state index in [1.54, 1.807) is 36.4 Å². The summed E-state index contributed by atoms with van der Waals surface area (Å²) in [6, 6.07) is 12.3. The van der Waals surface area contributed by atoms with E-state index in [0.29, 0.717) is 53.1 Å². The summed E-state index contributed by atoms with van der Waals surface area (Å²) in [7, 11) is 0. The number of carbonyl (C=O) groups is 3. The van der Waals surface area contributed by atoms with E-state index in [2.05, 4.69) is 22.0 Å². The maximum absolute atomic E-state index is 14.2. The van der Waals surface area contributed by atoms with Gasteiger partial charge in [-0.15, -0.1) is 0 Å². The number of ether oxygens (including phenoxy) is 2. The van der Waals surface area contributed by atoms with E-state index >= 15 is 0 Å². The van der Waals surface area contributed by atoms with Gasteiger partial charge in [0.15, 0.2) is 5.75 Å². The van der Waals surface area contributed by atoms with E-state index < -0.39 is 23.0 Å². The van der Waals surface area contributed by atoms with Gasteiger partial charge in [-0.25, -0.2) is 0 Å². The van der Waals surface area contributed by atoms with Crippen molar-refractivity contribution in [3.05, 3.63) is 58.8 Å². The zero-order valence-corrected chi connectivity index (χ0v) is 21.8. The zero-order chi connectivity index (χ0) is 27.6. The average Bonchev–Trinajstić information content (AvgIpc) is 3.72. The van der Waals surface area contributed by atoms with Crippen LogP contribution in [-0.4, -0.2) is 60.2 Å². The molecule has 2 aromatic carbocycles. The maximum Gasteiger partial charge on any atom is 0.295 e. The van der Waals surface area contributed by atoms with Crippen LogP contribution >= 0.6 is 0 Å². The highest BCUT2D eigenvalue weighted by atomic mass is 16.5. The fourth-order valence-corrected chi connectivity index (χ4v) is 5.56. The Morgan fingerprint density at radius 2 is 2.02 bits per heavy atom. The van der Waals surface area contributed by atoms with Crippen LogP contribution in [0.2, 0.25) is 0 Å². The molecule has 11 nitrogen and oxygen atoms in total. The van der Waals surface area contributed by atoms with Crippen molar-refractivity contribution in [3.63, 3.8) is 0 Å². The van der Waals surface area contributed by atoms with Gasteiger partial charge in [-0.3, -0.25) is 14.4 Å². The van der Waals surface area contributed by atoms with Gasteiger partial charge >= 0.3 is 0 Å². The second-order valence-corrected chi connectivity index (χ2v) is 11.2. The van der Waals surface area contributed by atoms with Crippen LogP contribution in [0.25, 0.3) is 11.0 Å². The molecule has 11 heteroatoms. The number of benzene rings is 2. The van der Waals surface area contributed by atoms with Crippen LogP contribution in [-0.2, 0) is 16.1 Å². The molecule has 1 saturated carbocycles. The molecule has 3 aromatic rings. The number of nitrogens with zero attached hydrogens (tertiary/aromatic N) is 2. The predicted molar refractivity (Wildman–Crippen MR) is 142 cm³/mol. The molecule has 1 aliphatic carbocycles. The number of nitriles is 1. The van der Waals surface area contributed by atoms with E-state index in [4.69, 9.17) is 13.9 Å². The summed E-state index contributed by atoms with van der Waals surface area (Å²) in [5.41, 5.74) is 0.416. The third-order valence-corrected chi connectivity index (χ3v) is 8.07. The Bertz CT molecular complexity index is 1630. The quantitative estimate of drug-likeness (QED) is 0.457. The first kappa shape index (κ1) is 24.5. The first-order chi connectivity index (χ1) is 19.3. The molecule has 1 saturated heterocycles. The van der Waals surface area contributed by atoms with Crippen molar-refractivity contribution in [1.29, 1.82) is 5.26 Å². The van der Waals surface area contributed by atoms with E-state index in [1.165, 1.54) is 4.90 Å².